The minimum atomic E-state index is 0.0371. The molecule has 0 radical (unpaired) electrons. The summed E-state index contributed by atoms with van der Waals surface area (Å²) in [5.74, 6) is 0.883. The first kappa shape index (κ1) is 13.0. The minimum Gasteiger partial charge on any atom is -0.502 e. The number of benzene rings is 1. The molecule has 1 N–H and O–H groups in total. The molecule has 0 atom stereocenters. The van der Waals surface area contributed by atoms with Gasteiger partial charge in [-0.25, -0.2) is 0 Å². The lowest BCUT2D eigenvalue weighted by Gasteiger charge is -2.12. The number of phenols is 1. The highest BCUT2D eigenvalue weighted by Gasteiger charge is 2.23. The number of ether oxygens (including phenoxy) is 2. The second-order valence-electron chi connectivity index (χ2n) is 5.22. The Kier molecular flexibility index (Phi) is 3.38. The average Bonchev–Trinajstić information content (AvgIpc) is 2.91. The Morgan fingerprint density at radius 3 is 2.30 bits per heavy atom. The van der Waals surface area contributed by atoms with Crippen molar-refractivity contribution in [2.45, 2.75) is 32.1 Å². The Morgan fingerprint density at radius 1 is 1.05 bits per heavy atom. The van der Waals surface area contributed by atoms with Crippen LogP contribution in [0.25, 0.3) is 0 Å². The van der Waals surface area contributed by atoms with E-state index in [4.69, 9.17) is 14.5 Å². The molecule has 4 nitrogen and oxygen atoms in total. The number of hydrogen-bond donors (Lipinski definition) is 1. The zero-order chi connectivity index (χ0) is 14.1. The summed E-state index contributed by atoms with van der Waals surface area (Å²) in [6, 6.07) is 3.66. The van der Waals surface area contributed by atoms with E-state index in [9.17, 15) is 5.11 Å². The van der Waals surface area contributed by atoms with Gasteiger partial charge in [0.1, 0.15) is 0 Å². The van der Waals surface area contributed by atoms with Crippen LogP contribution in [-0.2, 0) is 0 Å². The van der Waals surface area contributed by atoms with Gasteiger partial charge in [0.05, 0.1) is 19.9 Å². The van der Waals surface area contributed by atoms with E-state index in [0.29, 0.717) is 11.5 Å². The molecule has 0 spiro atoms. The predicted octanol–water partition coefficient (Wildman–Crippen LogP) is 3.43. The van der Waals surface area contributed by atoms with Crippen LogP contribution in [0.5, 0.6) is 17.2 Å². The van der Waals surface area contributed by atoms with Crippen LogP contribution in [0.4, 0.5) is 0 Å². The Hall–Kier alpha value is -1.97. The molecular weight excluding hydrogens is 254 g/mol. The Labute approximate surface area is 118 Å². The number of aliphatic imine (C=N–C) groups is 1. The van der Waals surface area contributed by atoms with Crippen LogP contribution in [0.1, 0.15) is 37.7 Å². The summed E-state index contributed by atoms with van der Waals surface area (Å²) >= 11 is 0. The molecule has 106 valence electrons. The third-order valence-corrected chi connectivity index (χ3v) is 4.01. The van der Waals surface area contributed by atoms with Crippen LogP contribution in [-0.4, -0.2) is 25.0 Å². The van der Waals surface area contributed by atoms with Gasteiger partial charge in [-0.05, 0) is 43.4 Å². The number of allylic oxidation sites excluding steroid dienone is 2. The fraction of sp³-hybridized carbons (Fsp3) is 0.438. The Bertz CT molecular complexity index is 577. The smallest absolute Gasteiger partial charge is 0.200 e. The van der Waals surface area contributed by atoms with Crippen LogP contribution in [0.2, 0.25) is 0 Å². The zero-order valence-electron chi connectivity index (χ0n) is 11.9. The predicted molar refractivity (Wildman–Crippen MR) is 77.9 cm³/mol. The van der Waals surface area contributed by atoms with Gasteiger partial charge in [0.15, 0.2) is 11.5 Å². The quantitative estimate of drug-likeness (QED) is 0.918. The molecule has 20 heavy (non-hydrogen) atoms. The molecule has 3 rings (SSSR count). The second-order valence-corrected chi connectivity index (χ2v) is 5.22. The van der Waals surface area contributed by atoms with Crippen molar-refractivity contribution in [3.05, 3.63) is 29.0 Å². The highest BCUT2D eigenvalue weighted by molar-refractivity contribution is 6.05. The van der Waals surface area contributed by atoms with Gasteiger partial charge >= 0.3 is 0 Å². The maximum atomic E-state index is 9.96. The largest absolute Gasteiger partial charge is 0.502 e. The van der Waals surface area contributed by atoms with Gasteiger partial charge in [-0.15, -0.1) is 0 Å². The van der Waals surface area contributed by atoms with Gasteiger partial charge < -0.3 is 14.6 Å². The molecule has 0 fully saturated rings. The fourth-order valence-electron chi connectivity index (χ4n) is 2.91. The Balaban J connectivity index is 1.96. The third-order valence-electron chi connectivity index (χ3n) is 4.01. The van der Waals surface area contributed by atoms with E-state index in [0.717, 1.165) is 30.5 Å². The number of methoxy groups -OCH3 is 2. The van der Waals surface area contributed by atoms with E-state index in [2.05, 4.69) is 0 Å². The number of rotatable bonds is 3. The van der Waals surface area contributed by atoms with Crippen LogP contribution in [0, 0.1) is 0 Å². The molecule has 4 heteroatoms. The van der Waals surface area contributed by atoms with E-state index in [1.165, 1.54) is 38.3 Å². The number of nitrogens with zero attached hydrogens (tertiary/aromatic N) is 1. The van der Waals surface area contributed by atoms with Gasteiger partial charge in [-0.1, -0.05) is 0 Å². The Morgan fingerprint density at radius 2 is 1.70 bits per heavy atom. The lowest BCUT2D eigenvalue weighted by molar-refractivity contribution is 0.340. The first-order valence-electron chi connectivity index (χ1n) is 6.96. The number of hydrogen-bond acceptors (Lipinski definition) is 4. The molecule has 2 aliphatic rings. The lowest BCUT2D eigenvalue weighted by Crippen LogP contribution is -2.01. The highest BCUT2D eigenvalue weighted by Crippen LogP contribution is 2.40. The van der Waals surface area contributed by atoms with E-state index in [-0.39, 0.29) is 5.75 Å². The molecule has 0 bridgehead atoms. The van der Waals surface area contributed by atoms with E-state index < -0.39 is 0 Å². The SMILES string of the molecule is COc1cc(C2=NC3=C(CCCC3)C2)cc(OC)c1O. The summed E-state index contributed by atoms with van der Waals surface area (Å²) in [6.07, 6.45) is 5.66. The number of aromatic hydroxyl groups is 1. The molecular formula is C16H19NO3. The summed E-state index contributed by atoms with van der Waals surface area (Å²) in [5, 5.41) is 9.96. The maximum Gasteiger partial charge on any atom is 0.200 e. The zero-order valence-corrected chi connectivity index (χ0v) is 11.9. The lowest BCUT2D eigenvalue weighted by atomic mass is 9.94. The molecule has 1 aromatic rings. The monoisotopic (exact) mass is 273 g/mol. The molecule has 0 unspecified atom stereocenters. The topological polar surface area (TPSA) is 51.0 Å². The first-order valence-corrected chi connectivity index (χ1v) is 6.96. The summed E-state index contributed by atoms with van der Waals surface area (Å²) in [5.41, 5.74) is 4.74. The van der Waals surface area contributed by atoms with Crippen LogP contribution >= 0.6 is 0 Å². The van der Waals surface area contributed by atoms with Crippen LogP contribution < -0.4 is 9.47 Å². The number of phenolic OH excluding ortho intramolecular Hbond substituents is 1. The van der Waals surface area contributed by atoms with Crippen molar-refractivity contribution in [3.63, 3.8) is 0 Å². The standard InChI is InChI=1S/C16H19NO3/c1-19-14-8-11(9-15(20-2)16(14)18)13-7-10-5-3-4-6-12(10)17-13/h8-9,18H,3-7H2,1-2H3. The second kappa shape index (κ2) is 5.19. The summed E-state index contributed by atoms with van der Waals surface area (Å²) in [6.45, 7) is 0. The van der Waals surface area contributed by atoms with Gasteiger partial charge in [-0.2, -0.15) is 0 Å². The van der Waals surface area contributed by atoms with E-state index in [1.54, 1.807) is 0 Å². The van der Waals surface area contributed by atoms with Gasteiger partial charge in [0.2, 0.25) is 5.75 Å². The van der Waals surface area contributed by atoms with Crippen molar-refractivity contribution >= 4 is 5.71 Å². The van der Waals surface area contributed by atoms with Crippen LogP contribution in [0.15, 0.2) is 28.4 Å². The molecule has 0 aromatic heterocycles. The van der Waals surface area contributed by atoms with Crippen molar-refractivity contribution in [3.8, 4) is 17.2 Å². The van der Waals surface area contributed by atoms with Crippen molar-refractivity contribution in [2.75, 3.05) is 14.2 Å². The maximum absolute atomic E-state index is 9.96. The van der Waals surface area contributed by atoms with E-state index in [1.807, 2.05) is 12.1 Å². The fourth-order valence-corrected chi connectivity index (χ4v) is 2.91. The molecule has 1 aliphatic carbocycles. The molecule has 1 aliphatic heterocycles. The first-order chi connectivity index (χ1) is 9.72. The summed E-state index contributed by atoms with van der Waals surface area (Å²) in [4.78, 5) is 4.76. The van der Waals surface area contributed by atoms with Gasteiger partial charge in [0, 0.05) is 17.7 Å². The highest BCUT2D eigenvalue weighted by atomic mass is 16.5. The molecule has 0 saturated heterocycles. The minimum absolute atomic E-state index is 0.0371. The van der Waals surface area contributed by atoms with Crippen molar-refractivity contribution in [1.82, 2.24) is 0 Å². The molecule has 0 amide bonds. The van der Waals surface area contributed by atoms with Crippen molar-refractivity contribution < 1.29 is 14.6 Å². The van der Waals surface area contributed by atoms with Crippen molar-refractivity contribution in [1.29, 1.82) is 0 Å². The molecule has 1 heterocycles. The van der Waals surface area contributed by atoms with Gasteiger partial charge in [-0.3, -0.25) is 4.99 Å². The third kappa shape index (κ3) is 2.15. The van der Waals surface area contributed by atoms with Crippen LogP contribution in [0.3, 0.4) is 0 Å². The summed E-state index contributed by atoms with van der Waals surface area (Å²) in [7, 11) is 3.08. The average molecular weight is 273 g/mol. The van der Waals surface area contributed by atoms with Crippen molar-refractivity contribution in [2.24, 2.45) is 4.99 Å². The van der Waals surface area contributed by atoms with E-state index >= 15 is 0 Å². The van der Waals surface area contributed by atoms with Gasteiger partial charge in [0.25, 0.3) is 0 Å². The molecule has 0 saturated carbocycles. The normalized spacial score (nSPS) is 17.8. The summed E-state index contributed by atoms with van der Waals surface area (Å²) < 4.78 is 10.4. The molecule has 1 aromatic carbocycles.